The predicted octanol–water partition coefficient (Wildman–Crippen LogP) is 1.83. The molecule has 20 heavy (non-hydrogen) atoms. The highest BCUT2D eigenvalue weighted by Crippen LogP contribution is 2.30. The maximum absolute atomic E-state index is 5.67. The molecule has 0 aliphatic heterocycles. The SMILES string of the molecule is CCOn1cc(-c2ccnc(N)n2)c2c(C)ccnc21. The van der Waals surface area contributed by atoms with Crippen molar-refractivity contribution in [3.8, 4) is 11.3 Å². The Morgan fingerprint density at radius 3 is 2.80 bits per heavy atom. The molecular weight excluding hydrogens is 254 g/mol. The van der Waals surface area contributed by atoms with Crippen molar-refractivity contribution in [1.82, 2.24) is 19.7 Å². The number of fused-ring (bicyclic) bond motifs is 1. The van der Waals surface area contributed by atoms with Gasteiger partial charge in [-0.2, -0.15) is 4.73 Å². The Kier molecular flexibility index (Phi) is 2.98. The van der Waals surface area contributed by atoms with Gasteiger partial charge in [-0.05, 0) is 31.5 Å². The molecule has 3 aromatic heterocycles. The van der Waals surface area contributed by atoms with Crippen LogP contribution in [0, 0.1) is 6.92 Å². The Hall–Kier alpha value is -2.63. The summed E-state index contributed by atoms with van der Waals surface area (Å²) in [5.74, 6) is 0.251. The quantitative estimate of drug-likeness (QED) is 0.784. The van der Waals surface area contributed by atoms with E-state index in [-0.39, 0.29) is 5.95 Å². The molecule has 0 aliphatic rings. The molecule has 0 radical (unpaired) electrons. The summed E-state index contributed by atoms with van der Waals surface area (Å²) in [6, 6.07) is 3.79. The van der Waals surface area contributed by atoms with Crippen molar-refractivity contribution in [2.75, 3.05) is 12.3 Å². The Morgan fingerprint density at radius 1 is 1.25 bits per heavy atom. The molecule has 0 bridgehead atoms. The van der Waals surface area contributed by atoms with Gasteiger partial charge in [0, 0.05) is 23.3 Å². The van der Waals surface area contributed by atoms with E-state index in [2.05, 4.69) is 15.0 Å². The van der Waals surface area contributed by atoms with Crippen molar-refractivity contribution in [3.63, 3.8) is 0 Å². The van der Waals surface area contributed by atoms with Crippen LogP contribution < -0.4 is 10.6 Å². The molecule has 0 saturated heterocycles. The zero-order valence-electron chi connectivity index (χ0n) is 11.4. The number of aryl methyl sites for hydroxylation is 1. The minimum absolute atomic E-state index is 0.251. The van der Waals surface area contributed by atoms with Crippen LogP contribution in [-0.4, -0.2) is 26.3 Å². The molecular formula is C14H15N5O. The van der Waals surface area contributed by atoms with Gasteiger partial charge in [-0.25, -0.2) is 15.0 Å². The Bertz CT molecular complexity index is 765. The third-order valence-electron chi connectivity index (χ3n) is 3.08. The van der Waals surface area contributed by atoms with Crippen molar-refractivity contribution < 1.29 is 4.84 Å². The first-order valence-electron chi connectivity index (χ1n) is 6.39. The second-order valence-electron chi connectivity index (χ2n) is 4.41. The van der Waals surface area contributed by atoms with Gasteiger partial charge in [0.05, 0.1) is 11.9 Å². The first-order valence-corrected chi connectivity index (χ1v) is 6.39. The van der Waals surface area contributed by atoms with E-state index in [1.807, 2.05) is 32.2 Å². The lowest BCUT2D eigenvalue weighted by Gasteiger charge is -2.03. The average Bonchev–Trinajstić information content (AvgIpc) is 2.80. The van der Waals surface area contributed by atoms with Crippen LogP contribution in [0.2, 0.25) is 0 Å². The van der Waals surface area contributed by atoms with E-state index in [1.54, 1.807) is 17.1 Å². The maximum atomic E-state index is 5.67. The summed E-state index contributed by atoms with van der Waals surface area (Å²) >= 11 is 0. The van der Waals surface area contributed by atoms with E-state index in [1.165, 1.54) is 0 Å². The highest BCUT2D eigenvalue weighted by atomic mass is 16.7. The molecule has 6 nitrogen and oxygen atoms in total. The van der Waals surface area contributed by atoms with Crippen LogP contribution in [0.25, 0.3) is 22.3 Å². The van der Waals surface area contributed by atoms with Crippen LogP contribution in [0.1, 0.15) is 12.5 Å². The van der Waals surface area contributed by atoms with Gasteiger partial charge < -0.3 is 10.6 Å². The van der Waals surface area contributed by atoms with Crippen molar-refractivity contribution >= 4 is 17.0 Å². The number of rotatable bonds is 3. The van der Waals surface area contributed by atoms with Gasteiger partial charge in [0.2, 0.25) is 5.95 Å². The van der Waals surface area contributed by atoms with Crippen molar-refractivity contribution in [1.29, 1.82) is 0 Å². The molecule has 0 saturated carbocycles. The second-order valence-corrected chi connectivity index (χ2v) is 4.41. The third-order valence-corrected chi connectivity index (χ3v) is 3.08. The van der Waals surface area contributed by atoms with E-state index in [9.17, 15) is 0 Å². The molecule has 0 unspecified atom stereocenters. The number of aromatic nitrogens is 4. The van der Waals surface area contributed by atoms with Crippen molar-refractivity contribution in [3.05, 3.63) is 36.3 Å². The van der Waals surface area contributed by atoms with Crippen molar-refractivity contribution in [2.24, 2.45) is 0 Å². The predicted molar refractivity (Wildman–Crippen MR) is 77.0 cm³/mol. The van der Waals surface area contributed by atoms with E-state index < -0.39 is 0 Å². The molecule has 3 rings (SSSR count). The molecule has 3 heterocycles. The lowest BCUT2D eigenvalue weighted by molar-refractivity contribution is 0.131. The van der Waals surface area contributed by atoms with Gasteiger partial charge >= 0.3 is 0 Å². The van der Waals surface area contributed by atoms with Crippen LogP contribution in [0.4, 0.5) is 5.95 Å². The Balaban J connectivity index is 2.30. The summed E-state index contributed by atoms with van der Waals surface area (Å²) in [5.41, 5.74) is 9.26. The first kappa shape index (κ1) is 12.4. The number of nitrogen functional groups attached to an aromatic ring is 1. The molecule has 0 fully saturated rings. The number of anilines is 1. The molecule has 0 spiro atoms. The summed E-state index contributed by atoms with van der Waals surface area (Å²) < 4.78 is 1.68. The van der Waals surface area contributed by atoms with E-state index in [0.29, 0.717) is 6.61 Å². The first-order chi connectivity index (χ1) is 9.70. The highest BCUT2D eigenvalue weighted by Gasteiger charge is 2.15. The molecule has 6 heteroatoms. The van der Waals surface area contributed by atoms with Gasteiger partial charge in [0.25, 0.3) is 0 Å². The van der Waals surface area contributed by atoms with Crippen LogP contribution >= 0.6 is 0 Å². The molecule has 2 N–H and O–H groups in total. The average molecular weight is 269 g/mol. The van der Waals surface area contributed by atoms with Crippen LogP contribution in [0.3, 0.4) is 0 Å². The van der Waals surface area contributed by atoms with Gasteiger partial charge in [-0.15, -0.1) is 0 Å². The summed E-state index contributed by atoms with van der Waals surface area (Å²) in [6.45, 7) is 4.53. The third kappa shape index (κ3) is 1.95. The standard InChI is InChI=1S/C14H15N5O/c1-3-20-19-8-10(11-5-7-17-14(15)18-11)12-9(2)4-6-16-13(12)19/h4-8H,3H2,1-2H3,(H2,15,17,18). The lowest BCUT2D eigenvalue weighted by Crippen LogP contribution is -2.09. The normalized spacial score (nSPS) is 10.9. The maximum Gasteiger partial charge on any atom is 0.220 e. The van der Waals surface area contributed by atoms with Crippen LogP contribution in [-0.2, 0) is 0 Å². The van der Waals surface area contributed by atoms with E-state index in [0.717, 1.165) is 27.9 Å². The minimum Gasteiger partial charge on any atom is -0.413 e. The highest BCUT2D eigenvalue weighted by molar-refractivity contribution is 5.95. The second kappa shape index (κ2) is 4.80. The number of hydrogen-bond acceptors (Lipinski definition) is 5. The summed E-state index contributed by atoms with van der Waals surface area (Å²) in [6.07, 6.45) is 5.30. The number of nitrogens with zero attached hydrogens (tertiary/aromatic N) is 4. The van der Waals surface area contributed by atoms with Crippen LogP contribution in [0.5, 0.6) is 0 Å². The van der Waals surface area contributed by atoms with Gasteiger partial charge in [0.15, 0.2) is 5.65 Å². The van der Waals surface area contributed by atoms with Gasteiger partial charge in [0.1, 0.15) is 6.61 Å². The summed E-state index contributed by atoms with van der Waals surface area (Å²) in [7, 11) is 0. The fourth-order valence-corrected chi connectivity index (χ4v) is 2.24. The zero-order chi connectivity index (χ0) is 14.1. The summed E-state index contributed by atoms with van der Waals surface area (Å²) in [4.78, 5) is 18.2. The van der Waals surface area contributed by atoms with E-state index in [4.69, 9.17) is 10.6 Å². The molecule has 0 amide bonds. The molecule has 102 valence electrons. The largest absolute Gasteiger partial charge is 0.413 e. The van der Waals surface area contributed by atoms with Crippen LogP contribution in [0.15, 0.2) is 30.7 Å². The van der Waals surface area contributed by atoms with Crippen molar-refractivity contribution in [2.45, 2.75) is 13.8 Å². The van der Waals surface area contributed by atoms with E-state index >= 15 is 0 Å². The number of pyridine rings is 1. The lowest BCUT2D eigenvalue weighted by atomic mass is 10.1. The summed E-state index contributed by atoms with van der Waals surface area (Å²) in [5, 5.41) is 1.01. The smallest absolute Gasteiger partial charge is 0.220 e. The minimum atomic E-state index is 0.251. The molecule has 0 aliphatic carbocycles. The zero-order valence-corrected chi connectivity index (χ0v) is 11.4. The number of nitrogens with two attached hydrogens (primary N) is 1. The fourth-order valence-electron chi connectivity index (χ4n) is 2.24. The fraction of sp³-hybridized carbons (Fsp3) is 0.214. The molecule has 3 aromatic rings. The molecule has 0 atom stereocenters. The Labute approximate surface area is 116 Å². The number of hydrogen-bond donors (Lipinski definition) is 1. The molecule has 0 aromatic carbocycles. The van der Waals surface area contributed by atoms with Gasteiger partial charge in [-0.1, -0.05) is 0 Å². The Morgan fingerprint density at radius 2 is 2.05 bits per heavy atom. The topological polar surface area (TPSA) is 78.9 Å². The van der Waals surface area contributed by atoms with Gasteiger partial charge in [-0.3, -0.25) is 0 Å². The monoisotopic (exact) mass is 269 g/mol.